The summed E-state index contributed by atoms with van der Waals surface area (Å²) in [6, 6.07) is 8.38. The molecule has 0 aliphatic rings. The molecule has 0 N–H and O–H groups in total. The number of hydrogen-bond donors (Lipinski definition) is 0. The van der Waals surface area contributed by atoms with Crippen molar-refractivity contribution >= 4 is 13.3 Å². The number of ketones is 1. The highest BCUT2D eigenvalue weighted by atomic mass is 19.2. The molecule has 15 heavy (non-hydrogen) atoms. The summed E-state index contributed by atoms with van der Waals surface area (Å²) in [6.07, 6.45) is 1.04. The molecule has 0 aliphatic heterocycles. The van der Waals surface area contributed by atoms with Gasteiger partial charge in [-0.3, -0.25) is 4.79 Å². The summed E-state index contributed by atoms with van der Waals surface area (Å²) in [4.78, 5) is 11.4. The molecule has 0 spiro atoms. The van der Waals surface area contributed by atoms with Gasteiger partial charge in [-0.1, -0.05) is 30.3 Å². The first-order chi connectivity index (χ1) is 7.09. The van der Waals surface area contributed by atoms with Gasteiger partial charge in [-0.25, -0.2) is 8.63 Å². The number of carbonyl (C=O) groups is 1. The molecule has 0 saturated heterocycles. The van der Waals surface area contributed by atoms with Gasteiger partial charge in [-0.2, -0.15) is 0 Å². The van der Waals surface area contributed by atoms with E-state index in [1.165, 1.54) is 6.92 Å². The lowest BCUT2D eigenvalue weighted by atomic mass is 10.1. The van der Waals surface area contributed by atoms with E-state index < -0.39 is 7.47 Å². The van der Waals surface area contributed by atoms with Crippen LogP contribution >= 0.6 is 0 Å². The Morgan fingerprint density at radius 3 is 2.47 bits per heavy atom. The maximum absolute atomic E-state index is 11.8. The van der Waals surface area contributed by atoms with E-state index >= 15 is 0 Å². The highest BCUT2D eigenvalue weighted by molar-refractivity contribution is 6.34. The third-order valence-electron chi connectivity index (χ3n) is 1.67. The van der Waals surface area contributed by atoms with E-state index in [0.29, 0.717) is 5.56 Å². The number of carbonyl (C=O) groups excluding carboxylic acids is 1. The van der Waals surface area contributed by atoms with Crippen LogP contribution in [0.25, 0.3) is 0 Å². The lowest BCUT2D eigenvalue weighted by Crippen LogP contribution is -2.04. The molecule has 0 unspecified atom stereocenters. The Kier molecular flexibility index (Phi) is 4.03. The van der Waals surface area contributed by atoms with E-state index in [4.69, 9.17) is 0 Å². The van der Waals surface area contributed by atoms with Gasteiger partial charge in [0, 0.05) is 11.6 Å². The molecule has 1 rings (SSSR count). The van der Waals surface area contributed by atoms with Crippen LogP contribution in [0.1, 0.15) is 17.3 Å². The van der Waals surface area contributed by atoms with Crippen molar-refractivity contribution in [2.24, 2.45) is 0 Å². The lowest BCUT2D eigenvalue weighted by molar-refractivity contribution is 0.104. The summed E-state index contributed by atoms with van der Waals surface area (Å²) in [5.74, 6) is -0.451. The predicted octanol–water partition coefficient (Wildman–Crippen LogP) is 2.71. The SMILES string of the molecule is C/C(=C/C(=O)c1ccccc1)OB(F)F. The molecule has 0 saturated carbocycles. The van der Waals surface area contributed by atoms with Crippen molar-refractivity contribution in [2.45, 2.75) is 6.92 Å². The van der Waals surface area contributed by atoms with Crippen LogP contribution in [0.5, 0.6) is 0 Å². The lowest BCUT2D eigenvalue weighted by Gasteiger charge is -2.01. The zero-order valence-corrected chi connectivity index (χ0v) is 8.11. The normalized spacial score (nSPS) is 11.0. The second-order valence-electron chi connectivity index (χ2n) is 2.86. The maximum atomic E-state index is 11.8. The molecule has 0 heterocycles. The number of allylic oxidation sites excluding steroid dienone is 2. The Morgan fingerprint density at radius 1 is 1.33 bits per heavy atom. The van der Waals surface area contributed by atoms with E-state index in [9.17, 15) is 13.4 Å². The topological polar surface area (TPSA) is 26.3 Å². The second-order valence-corrected chi connectivity index (χ2v) is 2.86. The molecule has 0 aromatic heterocycles. The monoisotopic (exact) mass is 210 g/mol. The molecule has 2 nitrogen and oxygen atoms in total. The number of halogens is 2. The largest absolute Gasteiger partial charge is 0.796 e. The average Bonchev–Trinajstić information content (AvgIpc) is 2.17. The number of hydrogen-bond acceptors (Lipinski definition) is 2. The first-order valence-corrected chi connectivity index (χ1v) is 4.32. The van der Waals surface area contributed by atoms with Crippen LogP contribution in [0.4, 0.5) is 8.63 Å². The minimum atomic E-state index is -2.90. The standard InChI is InChI=1S/C10H9BF2O2/c1-8(15-11(12)13)7-10(14)9-5-3-2-4-6-9/h2-7H,1H3/b8-7-. The Morgan fingerprint density at radius 2 is 1.93 bits per heavy atom. The zero-order chi connectivity index (χ0) is 11.3. The van der Waals surface area contributed by atoms with E-state index in [0.717, 1.165) is 6.08 Å². The molecule has 0 fully saturated rings. The fourth-order valence-electron chi connectivity index (χ4n) is 1.04. The van der Waals surface area contributed by atoms with Crippen LogP contribution in [0, 0.1) is 0 Å². The molecule has 0 aliphatic carbocycles. The van der Waals surface area contributed by atoms with Gasteiger partial charge in [0.25, 0.3) is 0 Å². The summed E-state index contributed by atoms with van der Waals surface area (Å²) in [6.45, 7) is 1.31. The summed E-state index contributed by atoms with van der Waals surface area (Å²) in [7, 11) is -2.90. The van der Waals surface area contributed by atoms with Gasteiger partial charge in [0.2, 0.25) is 0 Å². The van der Waals surface area contributed by atoms with Gasteiger partial charge in [0.15, 0.2) is 5.78 Å². The highest BCUT2D eigenvalue weighted by Crippen LogP contribution is 2.06. The van der Waals surface area contributed by atoms with Crippen molar-refractivity contribution in [1.82, 2.24) is 0 Å². The van der Waals surface area contributed by atoms with Crippen LogP contribution in [0.15, 0.2) is 42.2 Å². The number of rotatable bonds is 4. The molecule has 5 heteroatoms. The van der Waals surface area contributed by atoms with E-state index in [1.54, 1.807) is 30.3 Å². The summed E-state index contributed by atoms with van der Waals surface area (Å²) < 4.78 is 27.6. The predicted molar refractivity (Wildman–Crippen MR) is 53.6 cm³/mol. The molecule has 1 aromatic carbocycles. The van der Waals surface area contributed by atoms with Gasteiger partial charge < -0.3 is 4.65 Å². The van der Waals surface area contributed by atoms with Gasteiger partial charge in [-0.15, -0.1) is 0 Å². The molecule has 1 aromatic rings. The van der Waals surface area contributed by atoms with E-state index in [2.05, 4.69) is 4.65 Å². The maximum Gasteiger partial charge on any atom is 0.796 e. The van der Waals surface area contributed by atoms with Crippen LogP contribution in [-0.2, 0) is 4.65 Å². The van der Waals surface area contributed by atoms with Crippen LogP contribution in [-0.4, -0.2) is 13.3 Å². The van der Waals surface area contributed by atoms with Crippen LogP contribution in [0.3, 0.4) is 0 Å². The van der Waals surface area contributed by atoms with Crippen LogP contribution < -0.4 is 0 Å². The van der Waals surface area contributed by atoms with Gasteiger partial charge >= 0.3 is 7.47 Å². The first-order valence-electron chi connectivity index (χ1n) is 4.32. The Hall–Kier alpha value is -1.65. The third kappa shape index (κ3) is 3.93. The van der Waals surface area contributed by atoms with Crippen molar-refractivity contribution in [3.63, 3.8) is 0 Å². The number of benzene rings is 1. The Balaban J connectivity index is 2.71. The smallest absolute Gasteiger partial charge is 0.509 e. The molecule has 0 bridgehead atoms. The zero-order valence-electron chi connectivity index (χ0n) is 8.11. The van der Waals surface area contributed by atoms with Crippen molar-refractivity contribution in [1.29, 1.82) is 0 Å². The summed E-state index contributed by atoms with van der Waals surface area (Å²) >= 11 is 0. The van der Waals surface area contributed by atoms with Gasteiger partial charge in [-0.05, 0) is 6.92 Å². The second kappa shape index (κ2) is 5.29. The minimum Gasteiger partial charge on any atom is -0.509 e. The third-order valence-corrected chi connectivity index (χ3v) is 1.67. The van der Waals surface area contributed by atoms with E-state index in [1.807, 2.05) is 0 Å². The molecule has 0 radical (unpaired) electrons. The molecule has 0 atom stereocenters. The van der Waals surface area contributed by atoms with Crippen molar-refractivity contribution < 1.29 is 18.1 Å². The Bertz CT molecular complexity index is 363. The van der Waals surface area contributed by atoms with Crippen molar-refractivity contribution in [3.05, 3.63) is 47.7 Å². The van der Waals surface area contributed by atoms with Crippen molar-refractivity contribution in [2.75, 3.05) is 0 Å². The highest BCUT2D eigenvalue weighted by Gasteiger charge is 2.17. The molecular weight excluding hydrogens is 201 g/mol. The van der Waals surface area contributed by atoms with Crippen LogP contribution in [0.2, 0.25) is 0 Å². The molecular formula is C10H9BF2O2. The van der Waals surface area contributed by atoms with Gasteiger partial charge in [0.1, 0.15) is 0 Å². The Labute approximate surface area is 86.8 Å². The average molecular weight is 210 g/mol. The fourth-order valence-corrected chi connectivity index (χ4v) is 1.04. The minimum absolute atomic E-state index is 0.0983. The summed E-state index contributed by atoms with van der Waals surface area (Å²) in [5, 5.41) is 0. The first kappa shape index (κ1) is 11.4. The van der Waals surface area contributed by atoms with E-state index in [-0.39, 0.29) is 11.5 Å². The molecule has 0 amide bonds. The van der Waals surface area contributed by atoms with Crippen molar-refractivity contribution in [3.8, 4) is 0 Å². The quantitative estimate of drug-likeness (QED) is 0.330. The summed E-state index contributed by atoms with van der Waals surface area (Å²) in [5.41, 5.74) is 0.440. The van der Waals surface area contributed by atoms with Gasteiger partial charge in [0.05, 0.1) is 5.76 Å². The fraction of sp³-hybridized carbons (Fsp3) is 0.100. The molecule has 78 valence electrons.